The molecule has 1 heterocycles. The van der Waals surface area contributed by atoms with Gasteiger partial charge in [0.2, 0.25) is 10.0 Å². The minimum atomic E-state index is -3.21. The molecule has 0 saturated carbocycles. The van der Waals surface area contributed by atoms with Gasteiger partial charge in [0.15, 0.2) is 0 Å². The Morgan fingerprint density at radius 1 is 1.33 bits per heavy atom. The van der Waals surface area contributed by atoms with Crippen LogP contribution in [0.25, 0.3) is 0 Å². The molecule has 0 saturated heterocycles. The Morgan fingerprint density at radius 3 is 2.40 bits per heavy atom. The summed E-state index contributed by atoms with van der Waals surface area (Å²) in [6, 6.07) is 3.48. The fourth-order valence-electron chi connectivity index (χ4n) is 1.26. The molecule has 0 aromatic carbocycles. The Morgan fingerprint density at radius 2 is 1.93 bits per heavy atom. The Balaban J connectivity index is 3.10. The largest absolute Gasteiger partial charge is 0.284 e. The van der Waals surface area contributed by atoms with E-state index in [1.807, 2.05) is 20.8 Å². The number of sulfonamides is 1. The van der Waals surface area contributed by atoms with E-state index in [1.54, 1.807) is 12.1 Å². The molecular formula is C10H16N2O2S. The van der Waals surface area contributed by atoms with Crippen molar-refractivity contribution < 1.29 is 8.42 Å². The molecule has 0 aliphatic carbocycles. The van der Waals surface area contributed by atoms with E-state index >= 15 is 0 Å². The molecule has 0 bridgehead atoms. The normalized spacial score (nSPS) is 11.8. The van der Waals surface area contributed by atoms with Crippen LogP contribution in [0.5, 0.6) is 0 Å². The average Bonchev–Trinajstić information content (AvgIpc) is 1.99. The van der Waals surface area contributed by atoms with Crippen LogP contribution in [0.3, 0.4) is 0 Å². The quantitative estimate of drug-likeness (QED) is 0.859. The molecule has 1 rings (SSSR count). The van der Waals surface area contributed by atoms with Gasteiger partial charge in [-0.2, -0.15) is 0 Å². The van der Waals surface area contributed by atoms with Crippen molar-refractivity contribution in [2.24, 2.45) is 0 Å². The minimum absolute atomic E-state index is 0.282. The van der Waals surface area contributed by atoms with Crippen LogP contribution in [0, 0.1) is 6.92 Å². The lowest BCUT2D eigenvalue weighted by Gasteiger charge is -2.09. The number of nitrogens with one attached hydrogen (secondary N) is 1. The maximum absolute atomic E-state index is 11.1. The van der Waals surface area contributed by atoms with Gasteiger partial charge in [-0.3, -0.25) is 9.71 Å². The van der Waals surface area contributed by atoms with Gasteiger partial charge in [-0.1, -0.05) is 13.8 Å². The first-order valence-electron chi connectivity index (χ1n) is 4.74. The number of hydrogen-bond donors (Lipinski definition) is 1. The molecule has 1 aromatic rings. The van der Waals surface area contributed by atoms with Gasteiger partial charge in [-0.25, -0.2) is 8.42 Å². The van der Waals surface area contributed by atoms with E-state index < -0.39 is 10.0 Å². The van der Waals surface area contributed by atoms with Crippen LogP contribution in [0.2, 0.25) is 0 Å². The summed E-state index contributed by atoms with van der Waals surface area (Å²) in [7, 11) is -3.21. The molecule has 0 radical (unpaired) electrons. The topological polar surface area (TPSA) is 59.1 Å². The van der Waals surface area contributed by atoms with Gasteiger partial charge in [0, 0.05) is 11.4 Å². The maximum atomic E-state index is 11.1. The van der Waals surface area contributed by atoms with E-state index in [4.69, 9.17) is 0 Å². The first-order chi connectivity index (χ1) is 6.78. The predicted molar refractivity (Wildman–Crippen MR) is 61.5 cm³/mol. The second-order valence-corrected chi connectivity index (χ2v) is 5.70. The van der Waals surface area contributed by atoms with Gasteiger partial charge in [0.1, 0.15) is 0 Å². The summed E-state index contributed by atoms with van der Waals surface area (Å²) in [5.41, 5.74) is 2.28. The van der Waals surface area contributed by atoms with Crippen molar-refractivity contribution in [3.63, 3.8) is 0 Å². The summed E-state index contributed by atoms with van der Waals surface area (Å²) < 4.78 is 24.6. The van der Waals surface area contributed by atoms with Gasteiger partial charge < -0.3 is 0 Å². The zero-order chi connectivity index (χ0) is 11.6. The zero-order valence-electron chi connectivity index (χ0n) is 9.40. The molecule has 84 valence electrons. The molecule has 4 nitrogen and oxygen atoms in total. The third-order valence-corrected chi connectivity index (χ3v) is 2.47. The number of aromatic nitrogens is 1. The summed E-state index contributed by atoms with van der Waals surface area (Å²) in [6.07, 6.45) is 1.14. The van der Waals surface area contributed by atoms with Crippen molar-refractivity contribution in [3.8, 4) is 0 Å². The standard InChI is InChI=1S/C10H16N2O2S/c1-7(2)10-6-9(5-8(3)11-10)12-15(4,13)14/h5-7H,1-4H3,(H,11,12). The molecule has 0 spiro atoms. The lowest BCUT2D eigenvalue weighted by Crippen LogP contribution is -2.10. The lowest BCUT2D eigenvalue weighted by atomic mass is 10.1. The van der Waals surface area contributed by atoms with Crippen LogP contribution in [0.4, 0.5) is 5.69 Å². The number of rotatable bonds is 3. The summed E-state index contributed by atoms with van der Waals surface area (Å²) in [5.74, 6) is 0.282. The fourth-order valence-corrected chi connectivity index (χ4v) is 1.81. The Hall–Kier alpha value is -1.10. The van der Waals surface area contributed by atoms with Crippen molar-refractivity contribution >= 4 is 15.7 Å². The van der Waals surface area contributed by atoms with Crippen molar-refractivity contribution in [1.29, 1.82) is 0 Å². The van der Waals surface area contributed by atoms with Gasteiger partial charge >= 0.3 is 0 Å². The summed E-state index contributed by atoms with van der Waals surface area (Å²) >= 11 is 0. The smallest absolute Gasteiger partial charge is 0.229 e. The van der Waals surface area contributed by atoms with Gasteiger partial charge in [0.05, 0.1) is 11.9 Å². The number of pyridine rings is 1. The highest BCUT2D eigenvalue weighted by Gasteiger charge is 2.07. The van der Waals surface area contributed by atoms with E-state index in [1.165, 1.54) is 0 Å². The van der Waals surface area contributed by atoms with Crippen molar-refractivity contribution in [2.45, 2.75) is 26.7 Å². The highest BCUT2D eigenvalue weighted by Crippen LogP contribution is 2.18. The number of aryl methyl sites for hydroxylation is 1. The number of nitrogens with zero attached hydrogens (tertiary/aromatic N) is 1. The van der Waals surface area contributed by atoms with Crippen LogP contribution < -0.4 is 4.72 Å². The van der Waals surface area contributed by atoms with Crippen LogP contribution in [0.15, 0.2) is 12.1 Å². The monoisotopic (exact) mass is 228 g/mol. The van der Waals surface area contributed by atoms with E-state index in [-0.39, 0.29) is 5.92 Å². The molecule has 0 amide bonds. The summed E-state index contributed by atoms with van der Waals surface area (Å²) in [6.45, 7) is 5.89. The first-order valence-corrected chi connectivity index (χ1v) is 6.63. The molecule has 1 N–H and O–H groups in total. The van der Waals surface area contributed by atoms with Crippen LogP contribution in [-0.4, -0.2) is 19.7 Å². The average molecular weight is 228 g/mol. The third kappa shape index (κ3) is 3.87. The van der Waals surface area contributed by atoms with Gasteiger partial charge in [-0.15, -0.1) is 0 Å². The number of anilines is 1. The molecule has 5 heteroatoms. The number of hydrogen-bond acceptors (Lipinski definition) is 3. The van der Waals surface area contributed by atoms with Gasteiger partial charge in [0.25, 0.3) is 0 Å². The highest BCUT2D eigenvalue weighted by atomic mass is 32.2. The molecule has 0 aliphatic rings. The third-order valence-electron chi connectivity index (χ3n) is 1.87. The Labute approximate surface area is 90.8 Å². The Bertz CT molecular complexity index is 452. The van der Waals surface area contributed by atoms with E-state index in [0.29, 0.717) is 5.69 Å². The summed E-state index contributed by atoms with van der Waals surface area (Å²) in [5, 5.41) is 0. The second kappa shape index (κ2) is 4.18. The fraction of sp³-hybridized carbons (Fsp3) is 0.500. The van der Waals surface area contributed by atoms with Crippen molar-refractivity contribution in [1.82, 2.24) is 4.98 Å². The summed E-state index contributed by atoms with van der Waals surface area (Å²) in [4.78, 5) is 4.33. The second-order valence-electron chi connectivity index (χ2n) is 3.95. The van der Waals surface area contributed by atoms with Crippen LogP contribution in [0.1, 0.15) is 31.2 Å². The Kier molecular flexibility index (Phi) is 3.34. The zero-order valence-corrected chi connectivity index (χ0v) is 10.2. The molecule has 0 unspecified atom stereocenters. The minimum Gasteiger partial charge on any atom is -0.284 e. The van der Waals surface area contributed by atoms with E-state index in [9.17, 15) is 8.42 Å². The molecule has 0 aliphatic heterocycles. The molecule has 0 fully saturated rings. The SMILES string of the molecule is Cc1cc(NS(C)(=O)=O)cc(C(C)C)n1. The van der Waals surface area contributed by atoms with Crippen molar-refractivity contribution in [3.05, 3.63) is 23.5 Å². The molecular weight excluding hydrogens is 212 g/mol. The molecule has 0 atom stereocenters. The van der Waals surface area contributed by atoms with E-state index in [0.717, 1.165) is 17.6 Å². The van der Waals surface area contributed by atoms with Gasteiger partial charge in [-0.05, 0) is 25.0 Å². The molecule has 1 aromatic heterocycles. The first kappa shape index (κ1) is 12.0. The maximum Gasteiger partial charge on any atom is 0.229 e. The van der Waals surface area contributed by atoms with Crippen LogP contribution in [-0.2, 0) is 10.0 Å². The van der Waals surface area contributed by atoms with Crippen LogP contribution >= 0.6 is 0 Å². The highest BCUT2D eigenvalue weighted by molar-refractivity contribution is 7.92. The lowest BCUT2D eigenvalue weighted by molar-refractivity contribution is 0.607. The van der Waals surface area contributed by atoms with E-state index in [2.05, 4.69) is 9.71 Å². The molecule has 15 heavy (non-hydrogen) atoms. The van der Waals surface area contributed by atoms with Crippen molar-refractivity contribution in [2.75, 3.05) is 11.0 Å². The predicted octanol–water partition coefficient (Wildman–Crippen LogP) is 1.88.